The summed E-state index contributed by atoms with van der Waals surface area (Å²) in [6.07, 6.45) is 1.19. The molecule has 0 saturated heterocycles. The lowest BCUT2D eigenvalue weighted by molar-refractivity contribution is 0.127. The van der Waals surface area contributed by atoms with Crippen LogP contribution < -0.4 is 5.73 Å². The fraction of sp³-hybridized carbons (Fsp3) is 1.00. The molecule has 0 aliphatic rings. The highest BCUT2D eigenvalue weighted by atomic mass is 16.5. The van der Waals surface area contributed by atoms with E-state index in [1.54, 1.807) is 7.11 Å². The summed E-state index contributed by atoms with van der Waals surface area (Å²) < 4.78 is 5.04. The van der Waals surface area contributed by atoms with Crippen LogP contribution in [0.15, 0.2) is 0 Å². The Hall–Kier alpha value is -0.0800. The average Bonchev–Trinajstić information content (AvgIpc) is 1.99. The van der Waals surface area contributed by atoms with Crippen molar-refractivity contribution >= 4 is 0 Å². The fourth-order valence-electron chi connectivity index (χ4n) is 1.01. The predicted molar refractivity (Wildman–Crippen MR) is 43.9 cm³/mol. The normalized spacial score (nSPS) is 16.8. The van der Waals surface area contributed by atoms with Gasteiger partial charge >= 0.3 is 0 Å². The highest BCUT2D eigenvalue weighted by Crippen LogP contribution is 2.13. The van der Waals surface area contributed by atoms with Crippen molar-refractivity contribution in [2.75, 3.05) is 20.3 Å². The van der Waals surface area contributed by atoms with E-state index in [9.17, 15) is 0 Å². The Morgan fingerprint density at radius 1 is 1.50 bits per heavy atom. The molecule has 0 bridgehead atoms. The Morgan fingerprint density at radius 2 is 2.10 bits per heavy atom. The van der Waals surface area contributed by atoms with Crippen molar-refractivity contribution < 1.29 is 4.74 Å². The molecule has 0 heterocycles. The minimum Gasteiger partial charge on any atom is -0.384 e. The summed E-state index contributed by atoms with van der Waals surface area (Å²) in [6.45, 7) is 5.94. The minimum absolute atomic E-state index is 0.537. The first-order valence-electron chi connectivity index (χ1n) is 3.95. The quantitative estimate of drug-likeness (QED) is 0.632. The van der Waals surface area contributed by atoms with Crippen LogP contribution in [0.4, 0.5) is 0 Å². The molecule has 0 aromatic carbocycles. The number of hydrogen-bond donors (Lipinski definition) is 1. The van der Waals surface area contributed by atoms with E-state index in [0.717, 1.165) is 13.2 Å². The molecule has 0 aromatic heterocycles. The molecule has 0 amide bonds. The smallest absolute Gasteiger partial charge is 0.0505 e. The van der Waals surface area contributed by atoms with E-state index >= 15 is 0 Å². The van der Waals surface area contributed by atoms with Crippen molar-refractivity contribution in [2.24, 2.45) is 17.6 Å². The molecule has 2 N–H and O–H groups in total. The Morgan fingerprint density at radius 3 is 2.40 bits per heavy atom. The van der Waals surface area contributed by atoms with Gasteiger partial charge in [-0.15, -0.1) is 0 Å². The maximum Gasteiger partial charge on any atom is 0.0505 e. The van der Waals surface area contributed by atoms with Crippen LogP contribution in [0.3, 0.4) is 0 Å². The van der Waals surface area contributed by atoms with Gasteiger partial charge in [0.1, 0.15) is 0 Å². The van der Waals surface area contributed by atoms with Crippen LogP contribution >= 0.6 is 0 Å². The lowest BCUT2D eigenvalue weighted by Gasteiger charge is -2.19. The Balaban J connectivity index is 3.56. The standard InChI is InChI=1S/C8H19NO/c1-4-7(2)8(5-9)6-10-3/h7-8H,4-6,9H2,1-3H3. The highest BCUT2D eigenvalue weighted by Gasteiger charge is 2.12. The van der Waals surface area contributed by atoms with Crippen molar-refractivity contribution in [3.05, 3.63) is 0 Å². The fourth-order valence-corrected chi connectivity index (χ4v) is 1.01. The molecule has 2 unspecified atom stereocenters. The topological polar surface area (TPSA) is 35.2 Å². The minimum atomic E-state index is 0.537. The van der Waals surface area contributed by atoms with Gasteiger partial charge in [0.25, 0.3) is 0 Å². The number of rotatable bonds is 5. The number of nitrogens with two attached hydrogens (primary N) is 1. The number of hydrogen-bond acceptors (Lipinski definition) is 2. The molecule has 0 spiro atoms. The molecular formula is C8H19NO. The molecule has 0 saturated carbocycles. The molecule has 0 aliphatic carbocycles. The van der Waals surface area contributed by atoms with Crippen LogP contribution in [0.1, 0.15) is 20.3 Å². The highest BCUT2D eigenvalue weighted by molar-refractivity contribution is 4.64. The van der Waals surface area contributed by atoms with Crippen LogP contribution in [0.2, 0.25) is 0 Å². The molecular weight excluding hydrogens is 126 g/mol. The van der Waals surface area contributed by atoms with Crippen LogP contribution in [0, 0.1) is 11.8 Å². The van der Waals surface area contributed by atoms with Crippen LogP contribution in [0.25, 0.3) is 0 Å². The zero-order valence-corrected chi connectivity index (χ0v) is 7.26. The second-order valence-electron chi connectivity index (χ2n) is 2.84. The summed E-state index contributed by atoms with van der Waals surface area (Å²) >= 11 is 0. The van der Waals surface area contributed by atoms with Crippen molar-refractivity contribution in [3.63, 3.8) is 0 Å². The van der Waals surface area contributed by atoms with Gasteiger partial charge in [0, 0.05) is 7.11 Å². The SMILES string of the molecule is CCC(C)C(CN)COC. The summed E-state index contributed by atoms with van der Waals surface area (Å²) in [5.74, 6) is 1.22. The third-order valence-electron chi connectivity index (χ3n) is 2.13. The summed E-state index contributed by atoms with van der Waals surface area (Å²) in [5.41, 5.74) is 5.56. The largest absolute Gasteiger partial charge is 0.384 e. The van der Waals surface area contributed by atoms with Gasteiger partial charge in [-0.2, -0.15) is 0 Å². The van der Waals surface area contributed by atoms with Gasteiger partial charge in [-0.3, -0.25) is 0 Å². The number of methoxy groups -OCH3 is 1. The van der Waals surface area contributed by atoms with Gasteiger partial charge in [0.15, 0.2) is 0 Å². The van der Waals surface area contributed by atoms with E-state index in [0.29, 0.717) is 11.8 Å². The van der Waals surface area contributed by atoms with Gasteiger partial charge in [-0.05, 0) is 18.4 Å². The van der Waals surface area contributed by atoms with E-state index in [1.807, 2.05) is 0 Å². The lowest BCUT2D eigenvalue weighted by atomic mass is 9.93. The maximum atomic E-state index is 5.56. The average molecular weight is 145 g/mol. The molecule has 0 aromatic rings. The van der Waals surface area contributed by atoms with Gasteiger partial charge in [-0.25, -0.2) is 0 Å². The predicted octanol–water partition coefficient (Wildman–Crippen LogP) is 1.25. The van der Waals surface area contributed by atoms with Gasteiger partial charge in [-0.1, -0.05) is 20.3 Å². The van der Waals surface area contributed by atoms with Gasteiger partial charge in [0.2, 0.25) is 0 Å². The molecule has 2 nitrogen and oxygen atoms in total. The molecule has 0 fully saturated rings. The lowest BCUT2D eigenvalue weighted by Crippen LogP contribution is -2.25. The summed E-state index contributed by atoms with van der Waals surface area (Å²) in [7, 11) is 1.73. The molecule has 62 valence electrons. The maximum absolute atomic E-state index is 5.56. The van der Waals surface area contributed by atoms with E-state index in [4.69, 9.17) is 10.5 Å². The molecule has 10 heavy (non-hydrogen) atoms. The third-order valence-corrected chi connectivity index (χ3v) is 2.13. The van der Waals surface area contributed by atoms with Crippen LogP contribution in [0.5, 0.6) is 0 Å². The molecule has 0 aliphatic heterocycles. The molecule has 0 radical (unpaired) electrons. The van der Waals surface area contributed by atoms with Crippen molar-refractivity contribution in [3.8, 4) is 0 Å². The zero-order chi connectivity index (χ0) is 7.98. The van der Waals surface area contributed by atoms with E-state index in [-0.39, 0.29) is 0 Å². The molecule has 2 heteroatoms. The summed E-state index contributed by atoms with van der Waals surface area (Å²) in [5, 5.41) is 0. The van der Waals surface area contributed by atoms with Gasteiger partial charge in [0.05, 0.1) is 6.61 Å². The molecule has 2 atom stereocenters. The second kappa shape index (κ2) is 5.69. The van der Waals surface area contributed by atoms with Crippen LogP contribution in [-0.2, 0) is 4.74 Å². The van der Waals surface area contributed by atoms with E-state index < -0.39 is 0 Å². The Kier molecular flexibility index (Phi) is 5.64. The van der Waals surface area contributed by atoms with Gasteiger partial charge < -0.3 is 10.5 Å². The molecule has 0 rings (SSSR count). The monoisotopic (exact) mass is 145 g/mol. The summed E-state index contributed by atoms with van der Waals surface area (Å²) in [4.78, 5) is 0. The first-order chi connectivity index (χ1) is 4.76. The first kappa shape index (κ1) is 9.92. The summed E-state index contributed by atoms with van der Waals surface area (Å²) in [6, 6.07) is 0. The van der Waals surface area contributed by atoms with Crippen LogP contribution in [-0.4, -0.2) is 20.3 Å². The second-order valence-corrected chi connectivity index (χ2v) is 2.84. The van der Waals surface area contributed by atoms with Crippen molar-refractivity contribution in [2.45, 2.75) is 20.3 Å². The zero-order valence-electron chi connectivity index (χ0n) is 7.26. The van der Waals surface area contributed by atoms with Crippen molar-refractivity contribution in [1.29, 1.82) is 0 Å². The Bertz CT molecular complexity index is 75.7. The first-order valence-corrected chi connectivity index (χ1v) is 3.95. The third kappa shape index (κ3) is 3.18. The number of ether oxygens (including phenoxy) is 1. The van der Waals surface area contributed by atoms with E-state index in [2.05, 4.69) is 13.8 Å². The van der Waals surface area contributed by atoms with Crippen molar-refractivity contribution in [1.82, 2.24) is 0 Å². The van der Waals surface area contributed by atoms with E-state index in [1.165, 1.54) is 6.42 Å². The Labute approximate surface area is 63.7 Å².